The van der Waals surface area contributed by atoms with E-state index in [-0.39, 0.29) is 30.0 Å². The fraction of sp³-hybridized carbons (Fsp3) is 0.300. The molecule has 2 N–H and O–H groups in total. The number of halogens is 1. The molecule has 1 unspecified atom stereocenters. The lowest BCUT2D eigenvalue weighted by atomic mass is 10.00. The van der Waals surface area contributed by atoms with Gasteiger partial charge in [0, 0.05) is 11.9 Å². The van der Waals surface area contributed by atoms with Crippen molar-refractivity contribution in [3.05, 3.63) is 63.6 Å². The summed E-state index contributed by atoms with van der Waals surface area (Å²) in [6, 6.07) is 15.1. The molecule has 0 radical (unpaired) electrons. The van der Waals surface area contributed by atoms with Gasteiger partial charge in [-0.1, -0.05) is 42.5 Å². The summed E-state index contributed by atoms with van der Waals surface area (Å²) in [7, 11) is 1.80. The minimum absolute atomic E-state index is 0. The molecule has 0 saturated heterocycles. The molecule has 1 heterocycles. The largest absolute Gasteiger partial charge is 0.351 e. The van der Waals surface area contributed by atoms with Crippen LogP contribution in [0.2, 0.25) is 0 Å². The maximum atomic E-state index is 4.48. The average molecular weight is 480 g/mol. The number of nitrogens with one attached hydrogen (secondary N) is 2. The number of aromatic nitrogens is 1. The molecule has 138 valence electrons. The van der Waals surface area contributed by atoms with Crippen molar-refractivity contribution in [2.75, 3.05) is 7.05 Å². The molecule has 0 spiro atoms. The van der Waals surface area contributed by atoms with Gasteiger partial charge in [0.1, 0.15) is 0 Å². The molecular formula is C20H25IN4S. The van der Waals surface area contributed by atoms with E-state index in [1.54, 1.807) is 18.4 Å². The van der Waals surface area contributed by atoms with Crippen molar-refractivity contribution in [3.8, 4) is 0 Å². The van der Waals surface area contributed by atoms with E-state index in [9.17, 15) is 0 Å². The van der Waals surface area contributed by atoms with E-state index in [4.69, 9.17) is 0 Å². The first-order valence-electron chi connectivity index (χ1n) is 8.46. The zero-order valence-electron chi connectivity index (χ0n) is 15.5. The predicted octanol–water partition coefficient (Wildman–Crippen LogP) is 4.96. The molecule has 4 nitrogen and oxygen atoms in total. The molecule has 3 aromatic rings. The van der Waals surface area contributed by atoms with Crippen molar-refractivity contribution in [3.63, 3.8) is 0 Å². The zero-order valence-corrected chi connectivity index (χ0v) is 18.7. The van der Waals surface area contributed by atoms with Crippen LogP contribution >= 0.6 is 35.3 Å². The van der Waals surface area contributed by atoms with Crippen LogP contribution in [0.5, 0.6) is 0 Å². The first-order chi connectivity index (χ1) is 12.1. The molecule has 0 amide bonds. The first kappa shape index (κ1) is 20.6. The number of aliphatic imine (C=N–C) groups is 1. The highest BCUT2D eigenvalue weighted by atomic mass is 127. The van der Waals surface area contributed by atoms with Gasteiger partial charge in [-0.05, 0) is 37.1 Å². The number of rotatable bonds is 4. The summed E-state index contributed by atoms with van der Waals surface area (Å²) in [4.78, 5) is 10.1. The molecular weight excluding hydrogens is 455 g/mol. The summed E-state index contributed by atoms with van der Waals surface area (Å²) >= 11 is 1.73. The van der Waals surface area contributed by atoms with Crippen molar-refractivity contribution in [2.24, 2.45) is 4.99 Å². The Balaban J connectivity index is 0.00000243. The Hall–Kier alpha value is -1.67. The van der Waals surface area contributed by atoms with Crippen molar-refractivity contribution in [1.82, 2.24) is 15.6 Å². The van der Waals surface area contributed by atoms with Crippen molar-refractivity contribution in [2.45, 2.75) is 33.4 Å². The molecule has 0 saturated carbocycles. The van der Waals surface area contributed by atoms with E-state index >= 15 is 0 Å². The highest BCUT2D eigenvalue weighted by molar-refractivity contribution is 14.0. The van der Waals surface area contributed by atoms with Crippen LogP contribution in [-0.2, 0) is 6.54 Å². The Morgan fingerprint density at radius 1 is 1.15 bits per heavy atom. The predicted molar refractivity (Wildman–Crippen MR) is 123 cm³/mol. The topological polar surface area (TPSA) is 49.3 Å². The highest BCUT2D eigenvalue weighted by Crippen LogP contribution is 2.24. The molecule has 0 aliphatic heterocycles. The minimum atomic E-state index is 0. The molecule has 0 fully saturated rings. The third kappa shape index (κ3) is 4.73. The fourth-order valence-electron chi connectivity index (χ4n) is 3.01. The Kier molecular flexibility index (Phi) is 7.40. The van der Waals surface area contributed by atoms with Gasteiger partial charge in [0.15, 0.2) is 5.96 Å². The number of aryl methyl sites for hydroxylation is 2. The Labute approximate surface area is 176 Å². The molecule has 0 aliphatic carbocycles. The number of benzene rings is 2. The van der Waals surface area contributed by atoms with Gasteiger partial charge in [-0.15, -0.1) is 35.3 Å². The normalized spacial score (nSPS) is 12.5. The lowest BCUT2D eigenvalue weighted by Crippen LogP contribution is -2.38. The van der Waals surface area contributed by atoms with Crippen molar-refractivity contribution in [1.29, 1.82) is 0 Å². The van der Waals surface area contributed by atoms with Gasteiger partial charge in [-0.3, -0.25) is 4.99 Å². The molecule has 26 heavy (non-hydrogen) atoms. The van der Waals surface area contributed by atoms with Crippen molar-refractivity contribution < 1.29 is 0 Å². The molecule has 1 atom stereocenters. The lowest BCUT2D eigenvalue weighted by molar-refractivity contribution is 0.691. The monoisotopic (exact) mass is 480 g/mol. The molecule has 0 aliphatic rings. The second-order valence-corrected chi connectivity index (χ2v) is 7.39. The van der Waals surface area contributed by atoms with Crippen LogP contribution in [0.15, 0.2) is 47.5 Å². The summed E-state index contributed by atoms with van der Waals surface area (Å²) in [6.07, 6.45) is 0. The van der Waals surface area contributed by atoms with Gasteiger partial charge in [0.25, 0.3) is 0 Å². The maximum Gasteiger partial charge on any atom is 0.191 e. The quantitative estimate of drug-likeness (QED) is 0.316. The second-order valence-electron chi connectivity index (χ2n) is 6.10. The lowest BCUT2D eigenvalue weighted by Gasteiger charge is -2.19. The van der Waals surface area contributed by atoms with Crippen LogP contribution in [0, 0.1) is 13.8 Å². The third-order valence-electron chi connectivity index (χ3n) is 4.28. The smallest absolute Gasteiger partial charge is 0.191 e. The van der Waals surface area contributed by atoms with Gasteiger partial charge in [0.2, 0.25) is 0 Å². The van der Waals surface area contributed by atoms with Crippen LogP contribution < -0.4 is 10.6 Å². The summed E-state index contributed by atoms with van der Waals surface area (Å²) < 4.78 is 0. The van der Waals surface area contributed by atoms with E-state index in [1.807, 2.05) is 6.92 Å². The van der Waals surface area contributed by atoms with Crippen LogP contribution in [0.1, 0.15) is 34.1 Å². The van der Waals surface area contributed by atoms with E-state index < -0.39 is 0 Å². The molecule has 2 aromatic carbocycles. The Morgan fingerprint density at radius 3 is 2.58 bits per heavy atom. The Bertz CT molecular complexity index is 898. The zero-order chi connectivity index (χ0) is 17.8. The van der Waals surface area contributed by atoms with Crippen LogP contribution in [0.4, 0.5) is 0 Å². The van der Waals surface area contributed by atoms with E-state index in [2.05, 4.69) is 76.9 Å². The summed E-state index contributed by atoms with van der Waals surface area (Å²) in [5.74, 6) is 0.797. The Morgan fingerprint density at radius 2 is 1.88 bits per heavy atom. The van der Waals surface area contributed by atoms with Gasteiger partial charge >= 0.3 is 0 Å². The average Bonchev–Trinajstić information content (AvgIpc) is 2.95. The van der Waals surface area contributed by atoms with Crippen LogP contribution in [0.25, 0.3) is 10.8 Å². The number of thiazole rings is 1. The molecule has 0 bridgehead atoms. The van der Waals surface area contributed by atoms with Gasteiger partial charge in [0.05, 0.1) is 23.3 Å². The van der Waals surface area contributed by atoms with E-state index in [0.717, 1.165) is 23.2 Å². The SMILES string of the molecule is CN=C(NCc1sc(C)nc1C)NC(C)c1cccc2ccccc12.I. The maximum absolute atomic E-state index is 4.48. The highest BCUT2D eigenvalue weighted by Gasteiger charge is 2.12. The van der Waals surface area contributed by atoms with Crippen LogP contribution in [-0.4, -0.2) is 18.0 Å². The summed E-state index contributed by atoms with van der Waals surface area (Å²) in [6.45, 7) is 6.99. The van der Waals surface area contributed by atoms with E-state index in [0.29, 0.717) is 0 Å². The number of hydrogen-bond donors (Lipinski definition) is 2. The standard InChI is InChI=1S/C20H24N4S.HI/c1-13(17-11-7-9-16-8-5-6-10-18(16)17)24-20(21-4)22-12-19-14(2)23-15(3)25-19;/h5-11,13H,12H2,1-4H3,(H2,21,22,24);1H. The first-order valence-corrected chi connectivity index (χ1v) is 9.28. The second kappa shape index (κ2) is 9.32. The van der Waals surface area contributed by atoms with Gasteiger partial charge in [-0.2, -0.15) is 0 Å². The van der Waals surface area contributed by atoms with Gasteiger partial charge < -0.3 is 10.6 Å². The number of guanidine groups is 1. The number of fused-ring (bicyclic) bond motifs is 1. The molecule has 1 aromatic heterocycles. The van der Waals surface area contributed by atoms with Gasteiger partial charge in [-0.25, -0.2) is 4.98 Å². The minimum Gasteiger partial charge on any atom is -0.351 e. The summed E-state index contributed by atoms with van der Waals surface area (Å²) in [5, 5.41) is 10.5. The van der Waals surface area contributed by atoms with Crippen LogP contribution in [0.3, 0.4) is 0 Å². The molecule has 6 heteroatoms. The number of nitrogens with zero attached hydrogens (tertiary/aromatic N) is 2. The fourth-order valence-corrected chi connectivity index (χ4v) is 3.88. The summed E-state index contributed by atoms with van der Waals surface area (Å²) in [5.41, 5.74) is 2.36. The van der Waals surface area contributed by atoms with E-state index in [1.165, 1.54) is 21.2 Å². The van der Waals surface area contributed by atoms with Crippen molar-refractivity contribution >= 4 is 52.0 Å². The third-order valence-corrected chi connectivity index (χ3v) is 5.36. The number of hydrogen-bond acceptors (Lipinski definition) is 3. The molecule has 3 rings (SSSR count).